The summed E-state index contributed by atoms with van der Waals surface area (Å²) < 4.78 is 10.6. The number of amides is 2. The van der Waals surface area contributed by atoms with Crippen molar-refractivity contribution in [1.29, 1.82) is 0 Å². The number of piperidine rings is 1. The Balaban J connectivity index is 1.15. The van der Waals surface area contributed by atoms with E-state index in [9.17, 15) is 9.59 Å². The number of fused-ring (bicyclic) bond motifs is 1. The topological polar surface area (TPSA) is 82.0 Å². The Kier molecular flexibility index (Phi) is 6.32. The molecule has 1 aromatic carbocycles. The Morgan fingerprint density at radius 2 is 1.79 bits per heavy atom. The Labute approximate surface area is 199 Å². The van der Waals surface area contributed by atoms with Gasteiger partial charge in [-0.25, -0.2) is 0 Å². The first-order chi connectivity index (χ1) is 16.5. The van der Waals surface area contributed by atoms with E-state index in [2.05, 4.69) is 28.2 Å². The van der Waals surface area contributed by atoms with Crippen LogP contribution in [0, 0.1) is 0 Å². The SMILES string of the molecule is COc1ccc2[nH]cc(C3CCN(C(C)C(=O)N4CCN(C(=O)c5ccco5)CC4)CC3)c2c1. The van der Waals surface area contributed by atoms with E-state index < -0.39 is 0 Å². The quantitative estimate of drug-likeness (QED) is 0.627. The van der Waals surface area contributed by atoms with E-state index >= 15 is 0 Å². The van der Waals surface area contributed by atoms with E-state index in [1.807, 2.05) is 17.9 Å². The maximum absolute atomic E-state index is 13.2. The van der Waals surface area contributed by atoms with Gasteiger partial charge in [0.15, 0.2) is 5.76 Å². The lowest BCUT2D eigenvalue weighted by Gasteiger charge is -2.40. The minimum atomic E-state index is -0.156. The fourth-order valence-electron chi connectivity index (χ4n) is 5.29. The third-order valence-corrected chi connectivity index (χ3v) is 7.41. The molecule has 4 heterocycles. The molecule has 180 valence electrons. The van der Waals surface area contributed by atoms with Crippen molar-refractivity contribution in [3.05, 3.63) is 54.1 Å². The van der Waals surface area contributed by atoms with Crippen molar-refractivity contribution in [2.24, 2.45) is 0 Å². The molecular weight excluding hydrogens is 432 g/mol. The highest BCUT2D eigenvalue weighted by Crippen LogP contribution is 2.35. The van der Waals surface area contributed by atoms with Gasteiger partial charge in [0.05, 0.1) is 19.4 Å². The molecular formula is C26H32N4O4. The number of aromatic amines is 1. The predicted octanol–water partition coefficient (Wildman–Crippen LogP) is 3.32. The van der Waals surface area contributed by atoms with Crippen molar-refractivity contribution in [2.75, 3.05) is 46.4 Å². The van der Waals surface area contributed by atoms with E-state index in [4.69, 9.17) is 9.15 Å². The molecule has 3 aromatic rings. The fraction of sp³-hybridized carbons (Fsp3) is 0.462. The van der Waals surface area contributed by atoms with Gasteiger partial charge >= 0.3 is 0 Å². The van der Waals surface area contributed by atoms with Crippen LogP contribution < -0.4 is 4.74 Å². The Morgan fingerprint density at radius 1 is 1.06 bits per heavy atom. The molecule has 0 bridgehead atoms. The summed E-state index contributed by atoms with van der Waals surface area (Å²) in [6.07, 6.45) is 5.68. The molecule has 2 amide bonds. The summed E-state index contributed by atoms with van der Waals surface area (Å²) in [5.41, 5.74) is 2.47. The van der Waals surface area contributed by atoms with Gasteiger partial charge in [-0.2, -0.15) is 0 Å². The van der Waals surface area contributed by atoms with Crippen molar-refractivity contribution < 1.29 is 18.7 Å². The molecule has 8 heteroatoms. The molecule has 0 aliphatic carbocycles. The fourth-order valence-corrected chi connectivity index (χ4v) is 5.29. The molecule has 1 unspecified atom stereocenters. The maximum atomic E-state index is 13.2. The number of H-pyrrole nitrogens is 1. The van der Waals surface area contributed by atoms with Crippen LogP contribution in [-0.4, -0.2) is 83.9 Å². The molecule has 1 atom stereocenters. The third-order valence-electron chi connectivity index (χ3n) is 7.41. The number of ether oxygens (including phenoxy) is 1. The van der Waals surface area contributed by atoms with Gasteiger partial charge < -0.3 is 23.9 Å². The lowest BCUT2D eigenvalue weighted by atomic mass is 9.88. The van der Waals surface area contributed by atoms with E-state index in [-0.39, 0.29) is 17.9 Å². The number of carbonyl (C=O) groups is 2. The minimum Gasteiger partial charge on any atom is -0.497 e. The number of hydrogen-bond acceptors (Lipinski definition) is 5. The first-order valence-electron chi connectivity index (χ1n) is 12.1. The van der Waals surface area contributed by atoms with Crippen LogP contribution in [0.3, 0.4) is 0 Å². The van der Waals surface area contributed by atoms with Crippen LogP contribution in [0.1, 0.15) is 41.8 Å². The van der Waals surface area contributed by atoms with E-state index in [1.54, 1.807) is 24.1 Å². The second-order valence-corrected chi connectivity index (χ2v) is 9.24. The van der Waals surface area contributed by atoms with Crippen molar-refractivity contribution >= 4 is 22.7 Å². The largest absolute Gasteiger partial charge is 0.497 e. The number of nitrogens with one attached hydrogen (secondary N) is 1. The predicted molar refractivity (Wildman–Crippen MR) is 129 cm³/mol. The normalized spacial score (nSPS) is 18.9. The van der Waals surface area contributed by atoms with Gasteiger partial charge in [-0.15, -0.1) is 0 Å². The van der Waals surface area contributed by atoms with Crippen LogP contribution in [0.2, 0.25) is 0 Å². The zero-order valence-corrected chi connectivity index (χ0v) is 19.8. The first kappa shape index (κ1) is 22.5. The summed E-state index contributed by atoms with van der Waals surface area (Å²) in [5, 5.41) is 1.23. The lowest BCUT2D eigenvalue weighted by Crippen LogP contribution is -2.55. The molecule has 0 radical (unpaired) electrons. The molecule has 2 aliphatic rings. The summed E-state index contributed by atoms with van der Waals surface area (Å²) in [7, 11) is 1.70. The molecule has 5 rings (SSSR count). The van der Waals surface area contributed by atoms with Crippen LogP contribution in [0.15, 0.2) is 47.2 Å². The average Bonchev–Trinajstić information content (AvgIpc) is 3.58. The van der Waals surface area contributed by atoms with Gasteiger partial charge in [0.25, 0.3) is 5.91 Å². The molecule has 34 heavy (non-hydrogen) atoms. The van der Waals surface area contributed by atoms with Gasteiger partial charge in [0.2, 0.25) is 5.91 Å². The number of likely N-dealkylation sites (tertiary alicyclic amines) is 1. The van der Waals surface area contributed by atoms with Gasteiger partial charge in [0, 0.05) is 43.3 Å². The van der Waals surface area contributed by atoms with Crippen LogP contribution in [0.25, 0.3) is 10.9 Å². The molecule has 2 saturated heterocycles. The second kappa shape index (κ2) is 9.54. The molecule has 0 saturated carbocycles. The molecule has 8 nitrogen and oxygen atoms in total. The number of furan rings is 1. The molecule has 2 aromatic heterocycles. The van der Waals surface area contributed by atoms with Gasteiger partial charge in [-0.3, -0.25) is 14.5 Å². The number of carbonyl (C=O) groups excluding carboxylic acids is 2. The van der Waals surface area contributed by atoms with E-state index in [0.717, 1.165) is 37.2 Å². The van der Waals surface area contributed by atoms with Crippen molar-refractivity contribution in [1.82, 2.24) is 19.7 Å². The lowest BCUT2D eigenvalue weighted by molar-refractivity contribution is -0.138. The van der Waals surface area contributed by atoms with Crippen molar-refractivity contribution in [2.45, 2.75) is 31.7 Å². The molecule has 2 aliphatic heterocycles. The molecule has 2 fully saturated rings. The number of methoxy groups -OCH3 is 1. The highest BCUT2D eigenvalue weighted by Gasteiger charge is 2.33. The highest BCUT2D eigenvalue weighted by atomic mass is 16.5. The number of aromatic nitrogens is 1. The molecule has 0 spiro atoms. The third kappa shape index (κ3) is 4.30. The number of piperazine rings is 1. The van der Waals surface area contributed by atoms with E-state index in [1.165, 1.54) is 17.2 Å². The number of benzene rings is 1. The van der Waals surface area contributed by atoms with Crippen LogP contribution in [0.4, 0.5) is 0 Å². The Bertz CT molecular complexity index is 1140. The summed E-state index contributed by atoms with van der Waals surface area (Å²) >= 11 is 0. The minimum absolute atomic E-state index is 0.109. The Hall–Kier alpha value is -3.26. The monoisotopic (exact) mass is 464 g/mol. The number of hydrogen-bond donors (Lipinski definition) is 1. The Morgan fingerprint density at radius 3 is 2.47 bits per heavy atom. The second-order valence-electron chi connectivity index (χ2n) is 9.24. The summed E-state index contributed by atoms with van der Waals surface area (Å²) in [6.45, 7) is 5.98. The standard InChI is InChI=1S/C26H32N4O4/c1-18(25(31)29-11-13-30(14-12-29)26(32)24-4-3-15-34-24)28-9-7-19(8-10-28)22-17-27-23-6-5-20(33-2)16-21(22)23/h3-6,15-19,27H,7-14H2,1-2H3. The highest BCUT2D eigenvalue weighted by molar-refractivity contribution is 5.91. The van der Waals surface area contributed by atoms with Gasteiger partial charge in [-0.1, -0.05) is 0 Å². The smallest absolute Gasteiger partial charge is 0.289 e. The maximum Gasteiger partial charge on any atom is 0.289 e. The van der Waals surface area contributed by atoms with Crippen LogP contribution in [-0.2, 0) is 4.79 Å². The summed E-state index contributed by atoms with van der Waals surface area (Å²) in [4.78, 5) is 35.0. The number of rotatable bonds is 5. The average molecular weight is 465 g/mol. The van der Waals surface area contributed by atoms with Crippen molar-refractivity contribution in [3.63, 3.8) is 0 Å². The van der Waals surface area contributed by atoms with E-state index in [0.29, 0.717) is 37.9 Å². The summed E-state index contributed by atoms with van der Waals surface area (Å²) in [6, 6.07) is 9.39. The van der Waals surface area contributed by atoms with Crippen LogP contribution >= 0.6 is 0 Å². The molecule has 1 N–H and O–H groups in total. The summed E-state index contributed by atoms with van der Waals surface area (Å²) in [5.74, 6) is 1.73. The zero-order valence-electron chi connectivity index (χ0n) is 19.8. The zero-order chi connectivity index (χ0) is 23.7. The first-order valence-corrected chi connectivity index (χ1v) is 12.1. The van der Waals surface area contributed by atoms with Gasteiger partial charge in [0.1, 0.15) is 5.75 Å². The van der Waals surface area contributed by atoms with Crippen LogP contribution in [0.5, 0.6) is 5.75 Å². The van der Waals surface area contributed by atoms with Crippen molar-refractivity contribution in [3.8, 4) is 5.75 Å². The van der Waals surface area contributed by atoms with Gasteiger partial charge in [-0.05, 0) is 74.7 Å². The number of nitrogens with zero attached hydrogens (tertiary/aromatic N) is 3.